The Balaban J connectivity index is 1.43. The van der Waals surface area contributed by atoms with Gasteiger partial charge < -0.3 is 14.4 Å². The summed E-state index contributed by atoms with van der Waals surface area (Å²) in [5.41, 5.74) is 6.76. The second-order valence-corrected chi connectivity index (χ2v) is 9.91. The van der Waals surface area contributed by atoms with Crippen molar-refractivity contribution in [3.05, 3.63) is 102 Å². The van der Waals surface area contributed by atoms with E-state index >= 15 is 0 Å². The van der Waals surface area contributed by atoms with Crippen molar-refractivity contribution in [2.75, 3.05) is 29.4 Å². The van der Waals surface area contributed by atoms with Gasteiger partial charge in [-0.05, 0) is 55.8 Å². The molecule has 3 heterocycles. The van der Waals surface area contributed by atoms with Gasteiger partial charge in [0.2, 0.25) is 0 Å². The van der Waals surface area contributed by atoms with E-state index < -0.39 is 0 Å². The summed E-state index contributed by atoms with van der Waals surface area (Å²) in [7, 11) is 0. The van der Waals surface area contributed by atoms with Gasteiger partial charge in [0.15, 0.2) is 5.65 Å². The van der Waals surface area contributed by atoms with Crippen LogP contribution in [-0.2, 0) is 0 Å². The number of anilines is 2. The molecule has 2 aromatic heterocycles. The highest BCUT2D eigenvalue weighted by Crippen LogP contribution is 2.37. The molecule has 0 amide bonds. The molecule has 36 heavy (non-hydrogen) atoms. The topological polar surface area (TPSA) is 37.2 Å². The first kappa shape index (κ1) is 22.6. The number of halogens is 1. The Morgan fingerprint density at radius 1 is 0.833 bits per heavy atom. The molecule has 6 rings (SSSR count). The normalized spacial score (nSPS) is 16.0. The molecule has 0 spiro atoms. The van der Waals surface area contributed by atoms with Crippen LogP contribution in [0.5, 0.6) is 0 Å². The van der Waals surface area contributed by atoms with Crippen LogP contribution < -0.4 is 9.80 Å². The SMILES string of the molecule is Cc1ccc(N2CCN(c3ncnc4c3c(-c3ccccc3)cn4-c3ccc(Cl)cc3)CC2C)cc1. The van der Waals surface area contributed by atoms with Gasteiger partial charge in [-0.1, -0.05) is 59.6 Å². The largest absolute Gasteiger partial charge is 0.365 e. The van der Waals surface area contributed by atoms with Crippen LogP contribution in [0.1, 0.15) is 12.5 Å². The Morgan fingerprint density at radius 3 is 2.28 bits per heavy atom. The number of benzene rings is 3. The van der Waals surface area contributed by atoms with Crippen molar-refractivity contribution < 1.29 is 0 Å². The number of nitrogens with zero attached hydrogens (tertiary/aromatic N) is 5. The van der Waals surface area contributed by atoms with Gasteiger partial charge in [0.05, 0.1) is 5.39 Å². The predicted molar refractivity (Wildman–Crippen MR) is 150 cm³/mol. The molecule has 1 saturated heterocycles. The van der Waals surface area contributed by atoms with Gasteiger partial charge in [0.25, 0.3) is 0 Å². The molecule has 5 aromatic rings. The van der Waals surface area contributed by atoms with E-state index in [1.807, 2.05) is 30.3 Å². The van der Waals surface area contributed by atoms with Crippen molar-refractivity contribution in [1.82, 2.24) is 14.5 Å². The number of rotatable bonds is 4. The third-order valence-electron chi connectivity index (χ3n) is 7.05. The summed E-state index contributed by atoms with van der Waals surface area (Å²) in [5, 5.41) is 1.80. The van der Waals surface area contributed by atoms with Gasteiger partial charge in [0.1, 0.15) is 12.1 Å². The van der Waals surface area contributed by atoms with Gasteiger partial charge >= 0.3 is 0 Å². The van der Waals surface area contributed by atoms with E-state index in [1.165, 1.54) is 11.3 Å². The first-order valence-electron chi connectivity index (χ1n) is 12.3. The summed E-state index contributed by atoms with van der Waals surface area (Å²) in [6.07, 6.45) is 3.86. The van der Waals surface area contributed by atoms with Crippen LogP contribution >= 0.6 is 11.6 Å². The molecule has 3 aromatic carbocycles. The fourth-order valence-electron chi connectivity index (χ4n) is 5.19. The number of fused-ring (bicyclic) bond motifs is 1. The summed E-state index contributed by atoms with van der Waals surface area (Å²) in [6.45, 7) is 7.15. The number of piperazine rings is 1. The molecule has 0 aliphatic carbocycles. The molecule has 5 nitrogen and oxygen atoms in total. The monoisotopic (exact) mass is 493 g/mol. The van der Waals surface area contributed by atoms with Crippen LogP contribution in [-0.4, -0.2) is 40.2 Å². The molecule has 1 aliphatic rings. The van der Waals surface area contributed by atoms with E-state index in [9.17, 15) is 0 Å². The maximum atomic E-state index is 6.18. The summed E-state index contributed by atoms with van der Waals surface area (Å²) in [5.74, 6) is 0.988. The zero-order valence-corrected chi connectivity index (χ0v) is 21.2. The highest BCUT2D eigenvalue weighted by molar-refractivity contribution is 6.30. The molecule has 1 fully saturated rings. The number of aromatic nitrogens is 3. The van der Waals surface area contributed by atoms with Crippen LogP contribution in [0, 0.1) is 6.92 Å². The molecule has 0 N–H and O–H groups in total. The van der Waals surface area contributed by atoms with E-state index in [1.54, 1.807) is 6.33 Å². The van der Waals surface area contributed by atoms with Crippen molar-refractivity contribution in [2.24, 2.45) is 0 Å². The molecule has 1 aliphatic heterocycles. The Morgan fingerprint density at radius 2 is 1.56 bits per heavy atom. The van der Waals surface area contributed by atoms with Crippen molar-refractivity contribution in [1.29, 1.82) is 0 Å². The minimum atomic E-state index is 0.352. The highest BCUT2D eigenvalue weighted by Gasteiger charge is 2.28. The van der Waals surface area contributed by atoms with E-state index in [2.05, 4.69) is 82.9 Å². The van der Waals surface area contributed by atoms with Crippen LogP contribution in [0.2, 0.25) is 5.02 Å². The fourth-order valence-corrected chi connectivity index (χ4v) is 5.32. The Bertz CT molecular complexity index is 1490. The molecular weight excluding hydrogens is 466 g/mol. The van der Waals surface area contributed by atoms with Gasteiger partial charge in [-0.2, -0.15) is 0 Å². The first-order chi connectivity index (χ1) is 17.6. The third kappa shape index (κ3) is 4.10. The van der Waals surface area contributed by atoms with Crippen molar-refractivity contribution in [3.63, 3.8) is 0 Å². The average molecular weight is 494 g/mol. The first-order valence-corrected chi connectivity index (χ1v) is 12.7. The summed E-state index contributed by atoms with van der Waals surface area (Å²) < 4.78 is 2.14. The zero-order chi connectivity index (χ0) is 24.6. The maximum absolute atomic E-state index is 6.18. The number of hydrogen-bond donors (Lipinski definition) is 0. The van der Waals surface area contributed by atoms with E-state index in [0.717, 1.165) is 53.3 Å². The van der Waals surface area contributed by atoms with Crippen molar-refractivity contribution in [2.45, 2.75) is 19.9 Å². The predicted octanol–water partition coefficient (Wildman–Crippen LogP) is 6.76. The average Bonchev–Trinajstić information content (AvgIpc) is 3.30. The Kier molecular flexibility index (Phi) is 5.86. The van der Waals surface area contributed by atoms with Crippen LogP contribution in [0.15, 0.2) is 91.4 Å². The molecule has 1 unspecified atom stereocenters. The maximum Gasteiger partial charge on any atom is 0.150 e. The summed E-state index contributed by atoms with van der Waals surface area (Å²) in [6, 6.07) is 27.6. The standard InChI is InChI=1S/C30H28ClN5/c1-21-8-12-25(13-9-21)35-17-16-34(18-22(35)2)29-28-27(23-6-4-3-5-7-23)19-36(30(28)33-20-32-29)26-14-10-24(31)11-15-26/h3-15,19-20,22H,16-18H2,1-2H3. The summed E-state index contributed by atoms with van der Waals surface area (Å²) in [4.78, 5) is 14.5. The van der Waals surface area contributed by atoms with Crippen molar-refractivity contribution >= 4 is 34.1 Å². The lowest BCUT2D eigenvalue weighted by Crippen LogP contribution is -2.52. The third-order valence-corrected chi connectivity index (χ3v) is 7.30. The Labute approximate surface area is 216 Å². The van der Waals surface area contributed by atoms with Crippen LogP contribution in [0.3, 0.4) is 0 Å². The fraction of sp³-hybridized carbons (Fsp3) is 0.200. The molecule has 0 bridgehead atoms. The van der Waals surface area contributed by atoms with Gasteiger partial charge in [-0.25, -0.2) is 9.97 Å². The van der Waals surface area contributed by atoms with Gasteiger partial charge in [0, 0.05) is 53.8 Å². The van der Waals surface area contributed by atoms with Gasteiger partial charge in [-0.3, -0.25) is 0 Å². The Hall–Kier alpha value is -3.83. The van der Waals surface area contributed by atoms with Crippen LogP contribution in [0.4, 0.5) is 11.5 Å². The van der Waals surface area contributed by atoms with Crippen LogP contribution in [0.25, 0.3) is 27.8 Å². The smallest absolute Gasteiger partial charge is 0.150 e. The van der Waals surface area contributed by atoms with E-state index in [0.29, 0.717) is 11.1 Å². The lowest BCUT2D eigenvalue weighted by molar-refractivity contribution is 0.548. The minimum Gasteiger partial charge on any atom is -0.365 e. The lowest BCUT2D eigenvalue weighted by Gasteiger charge is -2.42. The zero-order valence-electron chi connectivity index (χ0n) is 20.5. The molecule has 0 radical (unpaired) electrons. The second-order valence-electron chi connectivity index (χ2n) is 9.48. The molecule has 6 heteroatoms. The quantitative estimate of drug-likeness (QED) is 0.277. The molecular formula is C30H28ClN5. The van der Waals surface area contributed by atoms with Crippen molar-refractivity contribution in [3.8, 4) is 16.8 Å². The second kappa shape index (κ2) is 9.32. The van der Waals surface area contributed by atoms with Gasteiger partial charge in [-0.15, -0.1) is 0 Å². The van der Waals surface area contributed by atoms with E-state index in [-0.39, 0.29) is 0 Å². The number of aryl methyl sites for hydroxylation is 1. The molecule has 0 saturated carbocycles. The highest BCUT2D eigenvalue weighted by atomic mass is 35.5. The van der Waals surface area contributed by atoms with E-state index in [4.69, 9.17) is 21.6 Å². The minimum absolute atomic E-state index is 0.352. The molecule has 180 valence electrons. The molecule has 1 atom stereocenters. The number of hydrogen-bond acceptors (Lipinski definition) is 4. The lowest BCUT2D eigenvalue weighted by atomic mass is 10.1. The summed E-state index contributed by atoms with van der Waals surface area (Å²) >= 11 is 6.18.